The van der Waals surface area contributed by atoms with Crippen LogP contribution < -0.4 is 25.1 Å². The van der Waals surface area contributed by atoms with Crippen LogP contribution >= 0.6 is 12.2 Å². The van der Waals surface area contributed by atoms with Gasteiger partial charge in [-0.25, -0.2) is 0 Å². The highest BCUT2D eigenvalue weighted by Gasteiger charge is 2.30. The van der Waals surface area contributed by atoms with Crippen molar-refractivity contribution < 1.29 is 19.3 Å². The van der Waals surface area contributed by atoms with Crippen molar-refractivity contribution in [1.82, 2.24) is 14.9 Å². The predicted molar refractivity (Wildman–Crippen MR) is 123 cm³/mol. The normalized spacial score (nSPS) is 15.2. The summed E-state index contributed by atoms with van der Waals surface area (Å²) >= 11 is 5.36. The maximum Gasteiger partial charge on any atom is 0.260 e. The molecule has 0 saturated carbocycles. The molecule has 3 N–H and O–H groups in total. The molecule has 0 saturated heterocycles. The van der Waals surface area contributed by atoms with Crippen LogP contribution in [0.25, 0.3) is 5.69 Å². The number of fused-ring (bicyclic) bond motifs is 1. The molecule has 32 heavy (non-hydrogen) atoms. The van der Waals surface area contributed by atoms with Crippen LogP contribution in [0.1, 0.15) is 29.7 Å². The third kappa shape index (κ3) is 3.85. The summed E-state index contributed by atoms with van der Waals surface area (Å²) in [5, 5.41) is 14.6. The Kier molecular flexibility index (Phi) is 6.20. The van der Waals surface area contributed by atoms with Crippen LogP contribution in [0.3, 0.4) is 0 Å². The van der Waals surface area contributed by atoms with Crippen molar-refractivity contribution in [2.75, 3.05) is 27.4 Å². The number of benzene rings is 2. The van der Waals surface area contributed by atoms with Gasteiger partial charge in [0.05, 0.1) is 38.1 Å². The van der Waals surface area contributed by atoms with E-state index in [9.17, 15) is 9.90 Å². The van der Waals surface area contributed by atoms with Gasteiger partial charge in [-0.05, 0) is 73.1 Å². The maximum atomic E-state index is 13.0. The molecule has 3 aromatic rings. The van der Waals surface area contributed by atoms with Crippen molar-refractivity contribution in [2.45, 2.75) is 19.4 Å². The van der Waals surface area contributed by atoms with Gasteiger partial charge in [0.1, 0.15) is 5.75 Å². The lowest BCUT2D eigenvalue weighted by atomic mass is 9.90. The number of methoxy groups -OCH3 is 2. The second kappa shape index (κ2) is 9.05. The van der Waals surface area contributed by atoms with Crippen LogP contribution in [-0.2, 0) is 6.42 Å². The Bertz CT molecular complexity index is 1250. The molecule has 0 fully saturated rings. The van der Waals surface area contributed by atoms with Gasteiger partial charge in [-0.1, -0.05) is 0 Å². The summed E-state index contributed by atoms with van der Waals surface area (Å²) in [6.07, 6.45) is 0.753. The van der Waals surface area contributed by atoms with E-state index in [2.05, 4.69) is 10.3 Å². The zero-order valence-electron chi connectivity index (χ0n) is 18.1. The Labute approximate surface area is 190 Å². The van der Waals surface area contributed by atoms with E-state index in [4.69, 9.17) is 26.4 Å². The van der Waals surface area contributed by atoms with Crippen molar-refractivity contribution in [3.8, 4) is 28.8 Å². The zero-order valence-corrected chi connectivity index (χ0v) is 18.9. The number of rotatable bonds is 6. The molecule has 2 aromatic carbocycles. The first-order valence-corrected chi connectivity index (χ1v) is 10.7. The largest absolute Gasteiger partial charge is 0.494 e. The van der Waals surface area contributed by atoms with Crippen molar-refractivity contribution in [3.05, 3.63) is 68.2 Å². The standard InChI is InChI=1S/C23H25N3O5S/c1-4-31-15-7-5-14(6-8-15)26-22(28)19(21(27)25-23(26)32)20-16-12-18(30-3)17(29-2)11-13(16)9-10-24-20/h5-8,11-12,20,24,28H,4,9-10H2,1-3H3,(H,25,27,32). The number of nitrogens with zero attached hydrogens (tertiary/aromatic N) is 1. The molecule has 168 valence electrons. The van der Waals surface area contributed by atoms with Gasteiger partial charge in [-0.15, -0.1) is 0 Å². The van der Waals surface area contributed by atoms with E-state index in [1.54, 1.807) is 38.5 Å². The smallest absolute Gasteiger partial charge is 0.260 e. The Morgan fingerprint density at radius 2 is 1.84 bits per heavy atom. The highest BCUT2D eigenvalue weighted by molar-refractivity contribution is 7.71. The topological polar surface area (TPSA) is 97.7 Å². The van der Waals surface area contributed by atoms with Crippen molar-refractivity contribution in [2.24, 2.45) is 0 Å². The SMILES string of the molecule is CCOc1ccc(-n2c(O)c(C3NCCc4cc(OC)c(OC)cc43)c(=O)[nH]c2=S)cc1. The van der Waals surface area contributed by atoms with E-state index in [0.717, 1.165) is 17.5 Å². The molecule has 0 spiro atoms. The molecule has 1 atom stereocenters. The van der Waals surface area contributed by atoms with Gasteiger partial charge in [0.15, 0.2) is 16.3 Å². The first-order valence-electron chi connectivity index (χ1n) is 10.3. The number of nitrogens with one attached hydrogen (secondary N) is 2. The number of H-pyrrole nitrogens is 1. The third-order valence-corrected chi connectivity index (χ3v) is 5.80. The molecule has 9 heteroatoms. The van der Waals surface area contributed by atoms with E-state index >= 15 is 0 Å². The summed E-state index contributed by atoms with van der Waals surface area (Å²) in [6.45, 7) is 3.09. The predicted octanol–water partition coefficient (Wildman–Crippen LogP) is 3.25. The number of aromatic amines is 1. The van der Waals surface area contributed by atoms with E-state index in [-0.39, 0.29) is 16.2 Å². The van der Waals surface area contributed by atoms with Crippen molar-refractivity contribution in [3.63, 3.8) is 0 Å². The number of aromatic nitrogens is 2. The molecular weight excluding hydrogens is 430 g/mol. The van der Waals surface area contributed by atoms with E-state index in [0.29, 0.717) is 36.1 Å². The number of aromatic hydroxyl groups is 1. The lowest BCUT2D eigenvalue weighted by Gasteiger charge is -2.29. The summed E-state index contributed by atoms with van der Waals surface area (Å²) in [4.78, 5) is 15.7. The molecule has 1 aliphatic rings. The van der Waals surface area contributed by atoms with Gasteiger partial charge in [0.25, 0.3) is 5.56 Å². The Hall–Kier alpha value is -3.30. The summed E-state index contributed by atoms with van der Waals surface area (Å²) < 4.78 is 17.9. The molecule has 1 aromatic heterocycles. The van der Waals surface area contributed by atoms with Crippen LogP contribution in [0.5, 0.6) is 23.1 Å². The molecule has 2 heterocycles. The van der Waals surface area contributed by atoms with E-state index < -0.39 is 11.6 Å². The highest BCUT2D eigenvalue weighted by Crippen LogP contribution is 2.38. The highest BCUT2D eigenvalue weighted by atomic mass is 32.1. The number of hydrogen-bond acceptors (Lipinski definition) is 7. The number of ether oxygens (including phenoxy) is 3. The molecule has 0 radical (unpaired) electrons. The molecular formula is C23H25N3O5S. The maximum absolute atomic E-state index is 13.0. The fourth-order valence-corrected chi connectivity index (χ4v) is 4.32. The average molecular weight is 456 g/mol. The van der Waals surface area contributed by atoms with Gasteiger partial charge in [0.2, 0.25) is 5.88 Å². The quantitative estimate of drug-likeness (QED) is 0.491. The zero-order chi connectivity index (χ0) is 22.8. The Balaban J connectivity index is 1.87. The minimum Gasteiger partial charge on any atom is -0.494 e. The molecule has 0 bridgehead atoms. The van der Waals surface area contributed by atoms with Crippen LogP contribution in [0.15, 0.2) is 41.2 Å². The van der Waals surface area contributed by atoms with E-state index in [1.165, 1.54) is 4.57 Å². The summed E-state index contributed by atoms with van der Waals surface area (Å²) in [7, 11) is 3.15. The van der Waals surface area contributed by atoms with Gasteiger partial charge in [-0.2, -0.15) is 0 Å². The third-order valence-electron chi connectivity index (χ3n) is 5.51. The summed E-state index contributed by atoms with van der Waals surface area (Å²) in [5.74, 6) is 1.66. The Morgan fingerprint density at radius 3 is 2.50 bits per heavy atom. The molecule has 0 aliphatic carbocycles. The lowest BCUT2D eigenvalue weighted by Crippen LogP contribution is -2.35. The fraction of sp³-hybridized carbons (Fsp3) is 0.304. The van der Waals surface area contributed by atoms with Gasteiger partial charge >= 0.3 is 0 Å². The molecule has 4 rings (SSSR count). The first-order chi connectivity index (χ1) is 15.5. The van der Waals surface area contributed by atoms with E-state index in [1.807, 2.05) is 19.1 Å². The monoisotopic (exact) mass is 455 g/mol. The average Bonchev–Trinajstić information content (AvgIpc) is 2.79. The fourth-order valence-electron chi connectivity index (χ4n) is 4.04. The molecule has 0 amide bonds. The molecule has 1 unspecified atom stereocenters. The summed E-state index contributed by atoms with van der Waals surface area (Å²) in [6, 6.07) is 10.3. The minimum absolute atomic E-state index is 0.101. The Morgan fingerprint density at radius 1 is 1.16 bits per heavy atom. The molecule has 1 aliphatic heterocycles. The van der Waals surface area contributed by atoms with Gasteiger partial charge < -0.3 is 24.6 Å². The lowest BCUT2D eigenvalue weighted by molar-refractivity contribution is 0.340. The number of hydrogen-bond donors (Lipinski definition) is 3. The van der Waals surface area contributed by atoms with Crippen LogP contribution in [0.2, 0.25) is 0 Å². The van der Waals surface area contributed by atoms with Gasteiger partial charge in [-0.3, -0.25) is 14.3 Å². The van der Waals surface area contributed by atoms with Crippen LogP contribution in [0.4, 0.5) is 0 Å². The summed E-state index contributed by atoms with van der Waals surface area (Å²) in [5.41, 5.74) is 2.19. The first kappa shape index (κ1) is 21.9. The van der Waals surface area contributed by atoms with Crippen molar-refractivity contribution in [1.29, 1.82) is 0 Å². The van der Waals surface area contributed by atoms with Gasteiger partial charge in [0, 0.05) is 6.54 Å². The second-order valence-electron chi connectivity index (χ2n) is 7.30. The second-order valence-corrected chi connectivity index (χ2v) is 7.69. The van der Waals surface area contributed by atoms with Crippen LogP contribution in [-0.4, -0.2) is 42.0 Å². The minimum atomic E-state index is -0.549. The van der Waals surface area contributed by atoms with Crippen molar-refractivity contribution >= 4 is 12.2 Å². The van der Waals surface area contributed by atoms with Crippen LogP contribution in [0, 0.1) is 4.77 Å². The molecule has 8 nitrogen and oxygen atoms in total.